The van der Waals surface area contributed by atoms with Gasteiger partial charge in [0.25, 0.3) is 0 Å². The minimum absolute atomic E-state index is 0.0451. The summed E-state index contributed by atoms with van der Waals surface area (Å²) < 4.78 is 27.2. The summed E-state index contributed by atoms with van der Waals surface area (Å²) in [4.78, 5) is 15.5. The number of rotatable bonds is 5. The van der Waals surface area contributed by atoms with E-state index in [2.05, 4.69) is 11.8 Å². The van der Waals surface area contributed by atoms with Crippen molar-refractivity contribution in [2.75, 3.05) is 19.6 Å². The summed E-state index contributed by atoms with van der Waals surface area (Å²) in [6.07, 6.45) is 7.15. The van der Waals surface area contributed by atoms with Crippen molar-refractivity contribution in [3.8, 4) is 0 Å². The van der Waals surface area contributed by atoms with Crippen LogP contribution in [0.4, 0.5) is 0 Å². The van der Waals surface area contributed by atoms with Gasteiger partial charge in [0.05, 0.1) is 4.90 Å². The molecule has 27 heavy (non-hydrogen) atoms. The highest BCUT2D eigenvalue weighted by Gasteiger charge is 2.35. The van der Waals surface area contributed by atoms with Crippen LogP contribution in [0.15, 0.2) is 29.2 Å². The van der Waals surface area contributed by atoms with Gasteiger partial charge in [-0.2, -0.15) is 4.31 Å². The molecule has 0 aromatic heterocycles. The average molecular weight is 393 g/mol. The van der Waals surface area contributed by atoms with Crippen molar-refractivity contribution in [2.45, 2.75) is 69.7 Å². The van der Waals surface area contributed by atoms with Gasteiger partial charge in [0.15, 0.2) is 0 Å². The molecule has 1 saturated heterocycles. The maximum Gasteiger partial charge on any atom is 0.243 e. The molecule has 0 bridgehead atoms. The Bertz CT molecular complexity index is 731. The number of hydrogen-bond acceptors (Lipinski definition) is 3. The van der Waals surface area contributed by atoms with Crippen LogP contribution >= 0.6 is 0 Å². The molecule has 2 aliphatic rings. The molecule has 0 atom stereocenters. The van der Waals surface area contributed by atoms with E-state index in [9.17, 15) is 13.2 Å². The molecule has 1 aliphatic carbocycles. The maximum absolute atomic E-state index is 13.1. The zero-order chi connectivity index (χ0) is 19.4. The highest BCUT2D eigenvalue weighted by atomic mass is 32.2. The first-order chi connectivity index (χ1) is 12.9. The number of hydrogen-bond donors (Lipinski definition) is 0. The number of nitrogens with zero attached hydrogens (tertiary/aromatic N) is 2. The molecule has 150 valence electrons. The second kappa shape index (κ2) is 8.74. The normalized spacial score (nSPS) is 20.5. The molecule has 2 fully saturated rings. The number of piperidine rings is 1. The molecule has 1 aliphatic heterocycles. The zero-order valence-electron chi connectivity index (χ0n) is 16.6. The SMILES string of the molecule is CCN(C(=O)C1CCN(S(=O)(=O)c2ccc(C)cc2)CC1)C1CCCCC1. The van der Waals surface area contributed by atoms with Crippen molar-refractivity contribution in [1.29, 1.82) is 0 Å². The number of carbonyl (C=O) groups is 1. The van der Waals surface area contributed by atoms with E-state index >= 15 is 0 Å². The third kappa shape index (κ3) is 4.54. The molecule has 1 aromatic rings. The predicted octanol–water partition coefficient (Wildman–Crippen LogP) is 3.58. The fraction of sp³-hybridized carbons (Fsp3) is 0.667. The average Bonchev–Trinajstić information content (AvgIpc) is 2.70. The lowest BCUT2D eigenvalue weighted by atomic mass is 9.91. The van der Waals surface area contributed by atoms with Crippen LogP contribution in [0.25, 0.3) is 0 Å². The van der Waals surface area contributed by atoms with Gasteiger partial charge in [0, 0.05) is 31.6 Å². The van der Waals surface area contributed by atoms with Crippen LogP contribution in [-0.2, 0) is 14.8 Å². The number of benzene rings is 1. The molecule has 0 radical (unpaired) electrons. The monoisotopic (exact) mass is 392 g/mol. The topological polar surface area (TPSA) is 57.7 Å². The Labute approximate surface area is 163 Å². The number of aryl methyl sites for hydroxylation is 1. The van der Waals surface area contributed by atoms with Crippen LogP contribution in [0.5, 0.6) is 0 Å². The summed E-state index contributed by atoms with van der Waals surface area (Å²) >= 11 is 0. The highest BCUT2D eigenvalue weighted by molar-refractivity contribution is 7.89. The van der Waals surface area contributed by atoms with Gasteiger partial charge >= 0.3 is 0 Å². The van der Waals surface area contributed by atoms with Crippen molar-refractivity contribution >= 4 is 15.9 Å². The number of sulfonamides is 1. The molecule has 1 aromatic carbocycles. The quantitative estimate of drug-likeness (QED) is 0.770. The molecule has 1 heterocycles. The molecule has 1 amide bonds. The Balaban J connectivity index is 1.62. The highest BCUT2D eigenvalue weighted by Crippen LogP contribution is 2.28. The Morgan fingerprint density at radius 1 is 1.04 bits per heavy atom. The van der Waals surface area contributed by atoms with Crippen LogP contribution in [0.1, 0.15) is 57.4 Å². The van der Waals surface area contributed by atoms with Crippen LogP contribution in [-0.4, -0.2) is 49.2 Å². The van der Waals surface area contributed by atoms with E-state index in [1.165, 1.54) is 19.3 Å². The Hall–Kier alpha value is -1.40. The summed E-state index contributed by atoms with van der Waals surface area (Å²) in [5, 5.41) is 0. The largest absolute Gasteiger partial charge is 0.340 e. The first-order valence-electron chi connectivity index (χ1n) is 10.3. The Kier molecular flexibility index (Phi) is 6.58. The van der Waals surface area contributed by atoms with Gasteiger partial charge in [-0.3, -0.25) is 4.79 Å². The molecule has 0 unspecified atom stereocenters. The number of carbonyl (C=O) groups excluding carboxylic acids is 1. The van der Waals surface area contributed by atoms with Gasteiger partial charge in [-0.05, 0) is 51.7 Å². The number of amides is 1. The Morgan fingerprint density at radius 2 is 1.63 bits per heavy atom. The van der Waals surface area contributed by atoms with E-state index in [-0.39, 0.29) is 11.8 Å². The lowest BCUT2D eigenvalue weighted by Gasteiger charge is -2.38. The van der Waals surface area contributed by atoms with Gasteiger partial charge in [-0.25, -0.2) is 8.42 Å². The smallest absolute Gasteiger partial charge is 0.243 e. The minimum atomic E-state index is -3.47. The molecule has 0 N–H and O–H groups in total. The lowest BCUT2D eigenvalue weighted by molar-refractivity contribution is -0.139. The van der Waals surface area contributed by atoms with Crippen LogP contribution < -0.4 is 0 Å². The molecule has 3 rings (SSSR count). The van der Waals surface area contributed by atoms with Crippen molar-refractivity contribution in [2.24, 2.45) is 5.92 Å². The second-order valence-corrected chi connectivity index (χ2v) is 9.85. The van der Waals surface area contributed by atoms with Crippen LogP contribution in [0, 0.1) is 12.8 Å². The van der Waals surface area contributed by atoms with E-state index < -0.39 is 10.0 Å². The Morgan fingerprint density at radius 3 is 2.19 bits per heavy atom. The maximum atomic E-state index is 13.1. The third-order valence-corrected chi connectivity index (χ3v) is 8.01. The lowest BCUT2D eigenvalue weighted by Crippen LogP contribution is -2.48. The second-order valence-electron chi connectivity index (χ2n) is 7.91. The molecular weight excluding hydrogens is 360 g/mol. The fourth-order valence-electron chi connectivity index (χ4n) is 4.42. The summed E-state index contributed by atoms with van der Waals surface area (Å²) in [5.74, 6) is 0.188. The zero-order valence-corrected chi connectivity index (χ0v) is 17.4. The van der Waals surface area contributed by atoms with E-state index in [0.717, 1.165) is 24.9 Å². The minimum Gasteiger partial charge on any atom is -0.340 e. The molecule has 6 heteroatoms. The van der Waals surface area contributed by atoms with E-state index in [4.69, 9.17) is 0 Å². The van der Waals surface area contributed by atoms with E-state index in [1.807, 2.05) is 19.1 Å². The van der Waals surface area contributed by atoms with Gasteiger partial charge < -0.3 is 4.90 Å². The molecular formula is C21H32N2O3S. The van der Waals surface area contributed by atoms with Gasteiger partial charge in [0.2, 0.25) is 15.9 Å². The summed E-state index contributed by atoms with van der Waals surface area (Å²) in [7, 11) is -3.47. The van der Waals surface area contributed by atoms with E-state index in [0.29, 0.717) is 36.9 Å². The van der Waals surface area contributed by atoms with Crippen molar-refractivity contribution < 1.29 is 13.2 Å². The van der Waals surface area contributed by atoms with Crippen LogP contribution in [0.3, 0.4) is 0 Å². The molecule has 0 spiro atoms. The van der Waals surface area contributed by atoms with Crippen LogP contribution in [0.2, 0.25) is 0 Å². The first-order valence-corrected chi connectivity index (χ1v) is 11.7. The van der Waals surface area contributed by atoms with Crippen molar-refractivity contribution in [3.05, 3.63) is 29.8 Å². The third-order valence-electron chi connectivity index (χ3n) is 6.10. The first kappa shape index (κ1) is 20.3. The van der Waals surface area contributed by atoms with Crippen molar-refractivity contribution in [3.63, 3.8) is 0 Å². The van der Waals surface area contributed by atoms with Crippen molar-refractivity contribution in [1.82, 2.24) is 9.21 Å². The van der Waals surface area contributed by atoms with Gasteiger partial charge in [-0.1, -0.05) is 37.0 Å². The predicted molar refractivity (Wildman–Crippen MR) is 107 cm³/mol. The summed E-state index contributed by atoms with van der Waals surface area (Å²) in [6, 6.07) is 7.37. The molecule has 1 saturated carbocycles. The molecule has 5 nitrogen and oxygen atoms in total. The fourth-order valence-corrected chi connectivity index (χ4v) is 5.89. The summed E-state index contributed by atoms with van der Waals surface area (Å²) in [6.45, 7) is 5.61. The van der Waals surface area contributed by atoms with E-state index in [1.54, 1.807) is 16.4 Å². The van der Waals surface area contributed by atoms with Gasteiger partial charge in [-0.15, -0.1) is 0 Å². The standard InChI is InChI=1S/C21H32N2O3S/c1-3-23(19-7-5-4-6-8-19)21(24)18-13-15-22(16-14-18)27(25,26)20-11-9-17(2)10-12-20/h9-12,18-19H,3-8,13-16H2,1-2H3. The van der Waals surface area contributed by atoms with Gasteiger partial charge in [0.1, 0.15) is 0 Å². The summed E-state index contributed by atoms with van der Waals surface area (Å²) in [5.41, 5.74) is 1.04.